The molecule has 1 unspecified atom stereocenters. The van der Waals surface area contributed by atoms with Crippen molar-refractivity contribution in [3.8, 4) is 23.0 Å². The van der Waals surface area contributed by atoms with E-state index in [9.17, 15) is 0 Å². The smallest absolute Gasteiger partial charge is 0.203 e. The van der Waals surface area contributed by atoms with E-state index in [1.54, 1.807) is 28.4 Å². The van der Waals surface area contributed by atoms with Crippen LogP contribution in [-0.2, 0) is 6.42 Å². The molecule has 1 heterocycles. The molecule has 1 aliphatic heterocycles. The van der Waals surface area contributed by atoms with Crippen LogP contribution in [0, 0.1) is 0 Å². The van der Waals surface area contributed by atoms with Crippen molar-refractivity contribution in [1.29, 1.82) is 0 Å². The molecule has 1 aliphatic rings. The number of nitrogens with one attached hydrogen (secondary N) is 1. The van der Waals surface area contributed by atoms with Crippen molar-refractivity contribution in [2.24, 2.45) is 0 Å². The summed E-state index contributed by atoms with van der Waals surface area (Å²) in [6, 6.07) is 10.3. The lowest BCUT2D eigenvalue weighted by Gasteiger charge is -2.28. The minimum absolute atomic E-state index is 0.0772. The largest absolute Gasteiger partial charge is 0.497 e. The second-order valence-electron chi connectivity index (χ2n) is 5.66. The zero-order valence-electron chi connectivity index (χ0n) is 14.5. The van der Waals surface area contributed by atoms with E-state index in [4.69, 9.17) is 18.9 Å². The summed E-state index contributed by atoms with van der Waals surface area (Å²) in [7, 11) is 6.57. The Kier molecular flexibility index (Phi) is 4.81. The van der Waals surface area contributed by atoms with Gasteiger partial charge in [0.05, 0.1) is 34.5 Å². The number of hydrogen-bond acceptors (Lipinski definition) is 5. The number of rotatable bonds is 5. The van der Waals surface area contributed by atoms with Gasteiger partial charge >= 0.3 is 0 Å². The molecular weight excluding hydrogens is 306 g/mol. The number of methoxy groups -OCH3 is 4. The minimum Gasteiger partial charge on any atom is -0.497 e. The van der Waals surface area contributed by atoms with Crippen molar-refractivity contribution in [3.63, 3.8) is 0 Å². The lowest BCUT2D eigenvalue weighted by molar-refractivity contribution is 0.323. The van der Waals surface area contributed by atoms with Crippen molar-refractivity contribution in [2.45, 2.75) is 12.5 Å². The second-order valence-corrected chi connectivity index (χ2v) is 5.66. The van der Waals surface area contributed by atoms with Crippen LogP contribution in [0.25, 0.3) is 0 Å². The van der Waals surface area contributed by atoms with Gasteiger partial charge in [-0.25, -0.2) is 0 Å². The van der Waals surface area contributed by atoms with Gasteiger partial charge in [0.1, 0.15) is 5.75 Å². The van der Waals surface area contributed by atoms with E-state index in [1.807, 2.05) is 18.2 Å². The molecule has 0 radical (unpaired) electrons. The molecule has 0 fully saturated rings. The van der Waals surface area contributed by atoms with Crippen LogP contribution in [0.2, 0.25) is 0 Å². The van der Waals surface area contributed by atoms with Crippen LogP contribution < -0.4 is 24.3 Å². The third-order valence-corrected chi connectivity index (χ3v) is 4.42. The number of benzene rings is 2. The van der Waals surface area contributed by atoms with Crippen LogP contribution in [0.4, 0.5) is 0 Å². The van der Waals surface area contributed by atoms with Crippen molar-refractivity contribution in [1.82, 2.24) is 5.32 Å². The summed E-state index contributed by atoms with van der Waals surface area (Å²) >= 11 is 0. The molecule has 0 bridgehead atoms. The average Bonchev–Trinajstić information content (AvgIpc) is 2.65. The first-order chi connectivity index (χ1) is 11.7. The van der Waals surface area contributed by atoms with E-state index in [2.05, 4.69) is 17.4 Å². The zero-order chi connectivity index (χ0) is 17.1. The fourth-order valence-electron chi connectivity index (χ4n) is 3.23. The Hall–Kier alpha value is -2.40. The van der Waals surface area contributed by atoms with Crippen LogP contribution in [0.1, 0.15) is 22.7 Å². The van der Waals surface area contributed by atoms with E-state index in [0.717, 1.165) is 24.3 Å². The van der Waals surface area contributed by atoms with Crippen LogP contribution in [0.15, 0.2) is 30.3 Å². The first-order valence-electron chi connectivity index (χ1n) is 7.92. The maximum absolute atomic E-state index is 5.48. The molecule has 5 heteroatoms. The lowest BCUT2D eigenvalue weighted by Crippen LogP contribution is -2.30. The van der Waals surface area contributed by atoms with Gasteiger partial charge in [-0.1, -0.05) is 6.07 Å². The van der Waals surface area contributed by atoms with Gasteiger partial charge in [0.25, 0.3) is 0 Å². The van der Waals surface area contributed by atoms with Crippen molar-refractivity contribution < 1.29 is 18.9 Å². The molecule has 2 aromatic rings. The highest BCUT2D eigenvalue weighted by atomic mass is 16.5. The van der Waals surface area contributed by atoms with Gasteiger partial charge < -0.3 is 24.3 Å². The van der Waals surface area contributed by atoms with Crippen molar-refractivity contribution in [3.05, 3.63) is 47.0 Å². The fourth-order valence-corrected chi connectivity index (χ4v) is 3.23. The average molecular weight is 329 g/mol. The predicted octanol–water partition coefficient (Wildman–Crippen LogP) is 2.96. The summed E-state index contributed by atoms with van der Waals surface area (Å²) in [5, 5.41) is 3.58. The van der Waals surface area contributed by atoms with Crippen LogP contribution in [-0.4, -0.2) is 35.0 Å². The number of ether oxygens (including phenoxy) is 4. The molecule has 24 heavy (non-hydrogen) atoms. The molecule has 1 N–H and O–H groups in total. The fraction of sp³-hybridized carbons (Fsp3) is 0.368. The quantitative estimate of drug-likeness (QED) is 0.914. The van der Waals surface area contributed by atoms with Crippen LogP contribution in [0.5, 0.6) is 23.0 Å². The molecule has 0 spiro atoms. The van der Waals surface area contributed by atoms with Gasteiger partial charge in [0.15, 0.2) is 11.5 Å². The highest BCUT2D eigenvalue weighted by Crippen LogP contribution is 2.42. The summed E-state index contributed by atoms with van der Waals surface area (Å²) in [4.78, 5) is 0. The zero-order valence-corrected chi connectivity index (χ0v) is 14.5. The molecule has 0 aromatic heterocycles. The Bertz CT molecular complexity index is 704. The Morgan fingerprint density at radius 1 is 0.875 bits per heavy atom. The highest BCUT2D eigenvalue weighted by Gasteiger charge is 2.24. The third-order valence-electron chi connectivity index (χ3n) is 4.42. The molecule has 0 saturated heterocycles. The van der Waals surface area contributed by atoms with E-state index in [-0.39, 0.29) is 6.04 Å². The van der Waals surface area contributed by atoms with Gasteiger partial charge in [-0.15, -0.1) is 0 Å². The Labute approximate surface area is 142 Å². The molecular formula is C19H23NO4. The van der Waals surface area contributed by atoms with Crippen LogP contribution >= 0.6 is 0 Å². The van der Waals surface area contributed by atoms with Gasteiger partial charge in [-0.2, -0.15) is 0 Å². The lowest BCUT2D eigenvalue weighted by atomic mass is 9.89. The number of fused-ring (bicyclic) bond motifs is 1. The van der Waals surface area contributed by atoms with Gasteiger partial charge in [-0.3, -0.25) is 0 Å². The highest BCUT2D eigenvalue weighted by molar-refractivity contribution is 5.56. The van der Waals surface area contributed by atoms with Crippen molar-refractivity contribution in [2.75, 3.05) is 35.0 Å². The SMILES string of the molecule is COc1ccc2c(c1)CCNC2c1cc(OC)c(OC)c(OC)c1. The third kappa shape index (κ3) is 2.87. The Balaban J connectivity index is 2.07. The van der Waals surface area contributed by atoms with Gasteiger partial charge in [0.2, 0.25) is 5.75 Å². The summed E-state index contributed by atoms with van der Waals surface area (Å²) in [6.45, 7) is 0.904. The maximum Gasteiger partial charge on any atom is 0.203 e. The maximum atomic E-state index is 5.48. The standard InChI is InChI=1S/C19H23NO4/c1-21-14-5-6-15-12(9-14)7-8-20-18(15)13-10-16(22-2)19(24-4)17(11-13)23-3/h5-6,9-11,18,20H,7-8H2,1-4H3. The molecule has 1 atom stereocenters. The second kappa shape index (κ2) is 7.01. The minimum atomic E-state index is 0.0772. The van der Waals surface area contributed by atoms with Gasteiger partial charge in [-0.05, 0) is 47.4 Å². The molecule has 2 aromatic carbocycles. The monoisotopic (exact) mass is 329 g/mol. The predicted molar refractivity (Wildman–Crippen MR) is 92.6 cm³/mol. The van der Waals surface area contributed by atoms with E-state index < -0.39 is 0 Å². The Morgan fingerprint density at radius 3 is 2.17 bits per heavy atom. The first-order valence-corrected chi connectivity index (χ1v) is 7.92. The Morgan fingerprint density at radius 2 is 1.58 bits per heavy atom. The summed E-state index contributed by atoms with van der Waals surface area (Å²) in [6.07, 6.45) is 0.980. The molecule has 5 nitrogen and oxygen atoms in total. The summed E-state index contributed by atoms with van der Waals surface area (Å²) < 4.78 is 21.7. The summed E-state index contributed by atoms with van der Waals surface area (Å²) in [5.74, 6) is 2.82. The van der Waals surface area contributed by atoms with Crippen molar-refractivity contribution >= 4 is 0 Å². The summed E-state index contributed by atoms with van der Waals surface area (Å²) in [5.41, 5.74) is 3.62. The normalized spacial score (nSPS) is 16.2. The topological polar surface area (TPSA) is 49.0 Å². The first kappa shape index (κ1) is 16.5. The van der Waals surface area contributed by atoms with Gasteiger partial charge in [0, 0.05) is 6.54 Å². The molecule has 128 valence electrons. The molecule has 3 rings (SSSR count). The molecule has 0 aliphatic carbocycles. The van der Waals surface area contributed by atoms with Crippen LogP contribution in [0.3, 0.4) is 0 Å². The van der Waals surface area contributed by atoms with E-state index in [1.165, 1.54) is 11.1 Å². The number of hydrogen-bond donors (Lipinski definition) is 1. The van der Waals surface area contributed by atoms with E-state index >= 15 is 0 Å². The molecule has 0 saturated carbocycles. The molecule has 0 amide bonds. The van der Waals surface area contributed by atoms with E-state index in [0.29, 0.717) is 17.2 Å².